The Morgan fingerprint density at radius 2 is 2.00 bits per heavy atom. The molecule has 0 fully saturated rings. The van der Waals surface area contributed by atoms with Gasteiger partial charge in [-0.2, -0.15) is 5.10 Å². The fourth-order valence-electron chi connectivity index (χ4n) is 2.29. The molecule has 0 spiro atoms. The molecule has 1 aromatic heterocycles. The number of hydrogen-bond acceptors (Lipinski definition) is 4. The first-order valence-corrected chi connectivity index (χ1v) is 6.90. The summed E-state index contributed by atoms with van der Waals surface area (Å²) in [5.41, 5.74) is 6.13. The Hall–Kier alpha value is -1.85. The normalized spacial score (nSPS) is 12.4. The largest absolute Gasteiger partial charge is 0.497 e. The lowest BCUT2D eigenvalue weighted by Gasteiger charge is -2.17. The number of hydrazine groups is 1. The van der Waals surface area contributed by atoms with Gasteiger partial charge in [0.15, 0.2) is 0 Å². The molecular weight excluding hydrogens is 252 g/mol. The summed E-state index contributed by atoms with van der Waals surface area (Å²) in [6, 6.07) is 9.94. The van der Waals surface area contributed by atoms with Gasteiger partial charge in [-0.25, -0.2) is 5.43 Å². The molecule has 1 aromatic carbocycles. The summed E-state index contributed by atoms with van der Waals surface area (Å²) in [5.74, 6) is 6.60. The molecule has 5 heteroatoms. The molecule has 108 valence electrons. The Bertz CT molecular complexity index is 548. The van der Waals surface area contributed by atoms with Gasteiger partial charge >= 0.3 is 0 Å². The van der Waals surface area contributed by atoms with Crippen molar-refractivity contribution in [1.29, 1.82) is 0 Å². The van der Waals surface area contributed by atoms with Crippen molar-refractivity contribution in [2.45, 2.75) is 32.9 Å². The SMILES string of the molecule is CCc1cc(C(NN)c2ccc(OC)cc2)n(CC)n1. The topological polar surface area (TPSA) is 65.1 Å². The van der Waals surface area contributed by atoms with Crippen LogP contribution in [0.4, 0.5) is 0 Å². The molecule has 1 unspecified atom stereocenters. The molecule has 0 aliphatic rings. The first kappa shape index (κ1) is 14.6. The highest BCUT2D eigenvalue weighted by Gasteiger charge is 2.18. The fraction of sp³-hybridized carbons (Fsp3) is 0.400. The maximum absolute atomic E-state index is 5.76. The van der Waals surface area contributed by atoms with Gasteiger partial charge in [-0.05, 0) is 37.1 Å². The minimum absolute atomic E-state index is 0.0753. The lowest BCUT2D eigenvalue weighted by atomic mass is 10.0. The van der Waals surface area contributed by atoms with E-state index in [1.54, 1.807) is 7.11 Å². The molecule has 1 heterocycles. The maximum atomic E-state index is 5.76. The molecule has 0 amide bonds. The number of aromatic nitrogens is 2. The second kappa shape index (κ2) is 6.54. The molecular formula is C15H22N4O. The fourth-order valence-corrected chi connectivity index (χ4v) is 2.29. The lowest BCUT2D eigenvalue weighted by Crippen LogP contribution is -2.30. The Morgan fingerprint density at radius 3 is 2.50 bits per heavy atom. The van der Waals surface area contributed by atoms with Crippen LogP contribution in [0.5, 0.6) is 5.75 Å². The van der Waals surface area contributed by atoms with E-state index in [-0.39, 0.29) is 6.04 Å². The van der Waals surface area contributed by atoms with Crippen molar-refractivity contribution in [3.05, 3.63) is 47.3 Å². The Labute approximate surface area is 119 Å². The molecule has 0 aliphatic carbocycles. The number of benzene rings is 1. The van der Waals surface area contributed by atoms with Gasteiger partial charge in [-0.3, -0.25) is 10.5 Å². The van der Waals surface area contributed by atoms with Gasteiger partial charge in [0, 0.05) is 6.54 Å². The number of methoxy groups -OCH3 is 1. The second-order valence-corrected chi connectivity index (χ2v) is 4.60. The Balaban J connectivity index is 2.37. The van der Waals surface area contributed by atoms with Gasteiger partial charge < -0.3 is 4.74 Å². The maximum Gasteiger partial charge on any atom is 0.118 e. The van der Waals surface area contributed by atoms with Crippen molar-refractivity contribution in [3.63, 3.8) is 0 Å². The van der Waals surface area contributed by atoms with Crippen LogP contribution in [-0.2, 0) is 13.0 Å². The van der Waals surface area contributed by atoms with Crippen molar-refractivity contribution in [2.24, 2.45) is 5.84 Å². The van der Waals surface area contributed by atoms with E-state index in [4.69, 9.17) is 10.6 Å². The number of rotatable bonds is 6. The zero-order chi connectivity index (χ0) is 14.5. The predicted octanol–water partition coefficient (Wildman–Crippen LogP) is 2.03. The van der Waals surface area contributed by atoms with Crippen molar-refractivity contribution in [2.75, 3.05) is 7.11 Å². The third kappa shape index (κ3) is 2.84. The van der Waals surface area contributed by atoms with Crippen LogP contribution in [0.3, 0.4) is 0 Å². The summed E-state index contributed by atoms with van der Waals surface area (Å²) in [6.07, 6.45) is 0.917. The van der Waals surface area contributed by atoms with Gasteiger partial charge in [-0.15, -0.1) is 0 Å². The average molecular weight is 274 g/mol. The van der Waals surface area contributed by atoms with E-state index in [1.165, 1.54) is 0 Å². The van der Waals surface area contributed by atoms with E-state index in [9.17, 15) is 0 Å². The Morgan fingerprint density at radius 1 is 1.30 bits per heavy atom. The van der Waals surface area contributed by atoms with Crippen LogP contribution >= 0.6 is 0 Å². The first-order chi connectivity index (χ1) is 9.73. The van der Waals surface area contributed by atoms with Crippen LogP contribution < -0.4 is 16.0 Å². The zero-order valence-corrected chi connectivity index (χ0v) is 12.3. The Kier molecular flexibility index (Phi) is 4.76. The number of ether oxygens (including phenoxy) is 1. The number of nitrogens with one attached hydrogen (secondary N) is 1. The summed E-state index contributed by atoms with van der Waals surface area (Å²) in [7, 11) is 1.66. The highest BCUT2D eigenvalue weighted by atomic mass is 16.5. The smallest absolute Gasteiger partial charge is 0.118 e. The van der Waals surface area contributed by atoms with Gasteiger partial charge in [0.1, 0.15) is 5.75 Å². The standard InChI is InChI=1S/C15H22N4O/c1-4-12-10-14(19(5-2)18-12)15(17-16)11-6-8-13(20-3)9-7-11/h6-10,15,17H,4-5,16H2,1-3H3. The van der Waals surface area contributed by atoms with Crippen LogP contribution in [0.1, 0.15) is 36.8 Å². The van der Waals surface area contributed by atoms with Gasteiger partial charge in [0.2, 0.25) is 0 Å². The molecule has 5 nitrogen and oxygen atoms in total. The minimum Gasteiger partial charge on any atom is -0.497 e. The van der Waals surface area contributed by atoms with Crippen LogP contribution in [0.15, 0.2) is 30.3 Å². The first-order valence-electron chi connectivity index (χ1n) is 6.90. The summed E-state index contributed by atoms with van der Waals surface area (Å²) < 4.78 is 7.18. The highest BCUT2D eigenvalue weighted by Crippen LogP contribution is 2.24. The molecule has 0 bridgehead atoms. The monoisotopic (exact) mass is 274 g/mol. The molecule has 2 rings (SSSR count). The molecule has 3 N–H and O–H groups in total. The number of aryl methyl sites for hydroxylation is 2. The van der Waals surface area contributed by atoms with E-state index in [0.29, 0.717) is 0 Å². The third-order valence-corrected chi connectivity index (χ3v) is 3.44. The van der Waals surface area contributed by atoms with Gasteiger partial charge in [0.25, 0.3) is 0 Å². The molecule has 0 aliphatic heterocycles. The second-order valence-electron chi connectivity index (χ2n) is 4.60. The van der Waals surface area contributed by atoms with Crippen molar-refractivity contribution in [3.8, 4) is 5.75 Å². The molecule has 1 atom stereocenters. The molecule has 0 saturated carbocycles. The number of hydrogen-bond donors (Lipinski definition) is 2. The molecule has 20 heavy (non-hydrogen) atoms. The third-order valence-electron chi connectivity index (χ3n) is 3.44. The number of nitrogens with zero attached hydrogens (tertiary/aromatic N) is 2. The van der Waals surface area contributed by atoms with Gasteiger partial charge in [-0.1, -0.05) is 19.1 Å². The molecule has 2 aromatic rings. The van der Waals surface area contributed by atoms with Crippen LogP contribution in [0.2, 0.25) is 0 Å². The molecule has 0 radical (unpaired) electrons. The summed E-state index contributed by atoms with van der Waals surface area (Å²) in [6.45, 7) is 5.01. The van der Waals surface area contributed by atoms with Crippen molar-refractivity contribution >= 4 is 0 Å². The quantitative estimate of drug-likeness (QED) is 0.625. The lowest BCUT2D eigenvalue weighted by molar-refractivity contribution is 0.414. The van der Waals surface area contributed by atoms with Crippen LogP contribution in [-0.4, -0.2) is 16.9 Å². The predicted molar refractivity (Wildman–Crippen MR) is 79.4 cm³/mol. The van der Waals surface area contributed by atoms with E-state index in [0.717, 1.165) is 35.7 Å². The van der Waals surface area contributed by atoms with Crippen molar-refractivity contribution < 1.29 is 4.74 Å². The van der Waals surface area contributed by atoms with E-state index < -0.39 is 0 Å². The van der Waals surface area contributed by atoms with E-state index in [1.807, 2.05) is 28.9 Å². The summed E-state index contributed by atoms with van der Waals surface area (Å²) in [4.78, 5) is 0. The minimum atomic E-state index is -0.0753. The van der Waals surface area contributed by atoms with Crippen LogP contribution in [0, 0.1) is 0 Å². The molecule has 0 saturated heterocycles. The van der Waals surface area contributed by atoms with Crippen molar-refractivity contribution in [1.82, 2.24) is 15.2 Å². The number of nitrogens with two attached hydrogens (primary N) is 1. The van der Waals surface area contributed by atoms with Gasteiger partial charge in [0.05, 0.1) is 24.5 Å². The summed E-state index contributed by atoms with van der Waals surface area (Å²) in [5, 5.41) is 4.57. The highest BCUT2D eigenvalue weighted by molar-refractivity contribution is 5.33. The van der Waals surface area contributed by atoms with E-state index >= 15 is 0 Å². The van der Waals surface area contributed by atoms with E-state index in [2.05, 4.69) is 30.4 Å². The zero-order valence-electron chi connectivity index (χ0n) is 12.3. The van der Waals surface area contributed by atoms with Crippen LogP contribution in [0.25, 0.3) is 0 Å². The summed E-state index contributed by atoms with van der Waals surface area (Å²) >= 11 is 0. The average Bonchev–Trinajstić information content (AvgIpc) is 2.92.